The van der Waals surface area contributed by atoms with Crippen molar-refractivity contribution in [2.75, 3.05) is 18.5 Å². The molecule has 0 aliphatic rings. The van der Waals surface area contributed by atoms with Crippen molar-refractivity contribution in [2.45, 2.75) is 26.7 Å². The average Bonchev–Trinajstić information content (AvgIpc) is 2.69. The van der Waals surface area contributed by atoms with Crippen molar-refractivity contribution >= 4 is 17.4 Å². The molecule has 0 aliphatic carbocycles. The molecule has 0 bridgehead atoms. The highest BCUT2D eigenvalue weighted by atomic mass is 16.5. The number of anilines is 1. The molecule has 0 atom stereocenters. The largest absolute Gasteiger partial charge is 0.494 e. The minimum absolute atomic E-state index is 0.110. The third-order valence-electron chi connectivity index (χ3n) is 3.79. The normalized spacial score (nSPS) is 10.6. The van der Waals surface area contributed by atoms with Crippen LogP contribution in [0.25, 0.3) is 0 Å². The van der Waals surface area contributed by atoms with Crippen LogP contribution in [-0.4, -0.2) is 25.0 Å². The second kappa shape index (κ2) is 10.8. The minimum atomic E-state index is -0.323. The van der Waals surface area contributed by atoms with E-state index in [9.17, 15) is 9.59 Å². The van der Waals surface area contributed by atoms with Gasteiger partial charge < -0.3 is 14.8 Å². The maximum absolute atomic E-state index is 12.1. The quantitative estimate of drug-likeness (QED) is 0.281. The summed E-state index contributed by atoms with van der Waals surface area (Å²) < 4.78 is 10.5. The van der Waals surface area contributed by atoms with E-state index < -0.39 is 0 Å². The van der Waals surface area contributed by atoms with Crippen molar-refractivity contribution in [3.8, 4) is 5.75 Å². The maximum atomic E-state index is 12.1. The van der Waals surface area contributed by atoms with Crippen molar-refractivity contribution in [3.63, 3.8) is 0 Å². The summed E-state index contributed by atoms with van der Waals surface area (Å²) in [7, 11) is 0. The van der Waals surface area contributed by atoms with E-state index in [0.717, 1.165) is 24.3 Å². The van der Waals surface area contributed by atoms with Crippen LogP contribution in [0.4, 0.5) is 5.69 Å². The number of hydrogen-bond acceptors (Lipinski definition) is 5. The van der Waals surface area contributed by atoms with Gasteiger partial charge in [-0.25, -0.2) is 4.79 Å². The zero-order chi connectivity index (χ0) is 19.5. The first-order valence-corrected chi connectivity index (χ1v) is 9.11. The molecular weight excluding hydrogens is 342 g/mol. The molecule has 2 aromatic carbocycles. The van der Waals surface area contributed by atoms with Crippen LogP contribution in [0, 0.1) is 0 Å². The van der Waals surface area contributed by atoms with Gasteiger partial charge in [-0.1, -0.05) is 13.3 Å². The Morgan fingerprint density at radius 2 is 1.63 bits per heavy atom. The highest BCUT2D eigenvalue weighted by Crippen LogP contribution is 2.14. The Morgan fingerprint density at radius 1 is 0.963 bits per heavy atom. The molecule has 0 fully saturated rings. The Bertz CT molecular complexity index is 764. The van der Waals surface area contributed by atoms with Gasteiger partial charge in [0.1, 0.15) is 5.75 Å². The summed E-state index contributed by atoms with van der Waals surface area (Å²) in [5.74, 6) is 0.308. The van der Waals surface area contributed by atoms with Gasteiger partial charge in [0.15, 0.2) is 5.78 Å². The number of carbonyl (C=O) groups excluding carboxylic acids is 2. The van der Waals surface area contributed by atoms with Gasteiger partial charge in [0.2, 0.25) is 0 Å². The Kier molecular flexibility index (Phi) is 8.10. The summed E-state index contributed by atoms with van der Waals surface area (Å²) in [5, 5.41) is 3.02. The summed E-state index contributed by atoms with van der Waals surface area (Å²) in [4.78, 5) is 24.0. The van der Waals surface area contributed by atoms with Gasteiger partial charge in [0.05, 0.1) is 18.8 Å². The van der Waals surface area contributed by atoms with Gasteiger partial charge in [-0.05, 0) is 61.9 Å². The van der Waals surface area contributed by atoms with Crippen LogP contribution < -0.4 is 10.1 Å². The second-order valence-corrected chi connectivity index (χ2v) is 5.87. The molecule has 0 saturated heterocycles. The smallest absolute Gasteiger partial charge is 0.338 e. The first-order valence-electron chi connectivity index (χ1n) is 9.11. The summed E-state index contributed by atoms with van der Waals surface area (Å²) in [6.45, 7) is 4.98. The highest BCUT2D eigenvalue weighted by molar-refractivity contribution is 6.04. The van der Waals surface area contributed by atoms with E-state index in [4.69, 9.17) is 9.47 Å². The number of hydrogen-bond donors (Lipinski definition) is 1. The fraction of sp³-hybridized carbons (Fsp3) is 0.273. The third-order valence-corrected chi connectivity index (χ3v) is 3.79. The number of ketones is 1. The van der Waals surface area contributed by atoms with E-state index in [1.165, 1.54) is 6.08 Å². The molecule has 0 amide bonds. The first kappa shape index (κ1) is 20.2. The fourth-order valence-electron chi connectivity index (χ4n) is 2.29. The number of benzene rings is 2. The van der Waals surface area contributed by atoms with E-state index in [1.807, 2.05) is 13.8 Å². The molecule has 2 rings (SSSR count). The molecule has 0 spiro atoms. The van der Waals surface area contributed by atoms with E-state index >= 15 is 0 Å². The topological polar surface area (TPSA) is 64.6 Å². The molecule has 5 nitrogen and oxygen atoms in total. The van der Waals surface area contributed by atoms with Crippen molar-refractivity contribution in [1.29, 1.82) is 0 Å². The average molecular weight is 367 g/mol. The zero-order valence-corrected chi connectivity index (χ0v) is 15.7. The van der Waals surface area contributed by atoms with Crippen LogP contribution in [0.3, 0.4) is 0 Å². The summed E-state index contributed by atoms with van der Waals surface area (Å²) in [6, 6.07) is 13.9. The van der Waals surface area contributed by atoms with Crippen molar-refractivity contribution in [3.05, 3.63) is 71.9 Å². The number of ether oxygens (including phenoxy) is 2. The number of allylic oxidation sites excluding steroid dienone is 1. The SMILES string of the molecule is CCCCOC(=O)c1ccc(N/C=C/C(=O)c2ccc(OCC)cc2)cc1. The number of rotatable bonds is 10. The van der Waals surface area contributed by atoms with Gasteiger partial charge in [0.25, 0.3) is 0 Å². The van der Waals surface area contributed by atoms with Gasteiger partial charge in [0, 0.05) is 23.5 Å². The lowest BCUT2D eigenvalue weighted by molar-refractivity contribution is 0.0499. The molecule has 1 N–H and O–H groups in total. The Morgan fingerprint density at radius 3 is 2.26 bits per heavy atom. The number of nitrogens with one attached hydrogen (secondary N) is 1. The third kappa shape index (κ3) is 6.62. The lowest BCUT2D eigenvalue weighted by atomic mass is 10.1. The van der Waals surface area contributed by atoms with Crippen molar-refractivity contribution < 1.29 is 19.1 Å². The molecule has 0 aliphatic heterocycles. The van der Waals surface area contributed by atoms with Gasteiger partial charge in [-0.2, -0.15) is 0 Å². The highest BCUT2D eigenvalue weighted by Gasteiger charge is 2.06. The molecular formula is C22H25NO4. The standard InChI is InChI=1S/C22H25NO4/c1-3-5-16-27-22(25)18-6-10-19(11-7-18)23-15-14-21(24)17-8-12-20(13-9-17)26-4-2/h6-15,23H,3-5,16H2,1-2H3/b15-14+. The van der Waals surface area contributed by atoms with Crippen molar-refractivity contribution in [1.82, 2.24) is 0 Å². The van der Waals surface area contributed by atoms with E-state index in [0.29, 0.717) is 24.3 Å². The molecule has 0 unspecified atom stereocenters. The van der Waals surface area contributed by atoms with Crippen LogP contribution in [0.1, 0.15) is 47.4 Å². The number of carbonyl (C=O) groups is 2. The molecule has 27 heavy (non-hydrogen) atoms. The summed E-state index contributed by atoms with van der Waals surface area (Å²) >= 11 is 0. The predicted octanol–water partition coefficient (Wildman–Crippen LogP) is 4.85. The summed E-state index contributed by atoms with van der Waals surface area (Å²) in [5.41, 5.74) is 1.86. The van der Waals surface area contributed by atoms with Gasteiger partial charge in [-0.3, -0.25) is 4.79 Å². The molecule has 0 radical (unpaired) electrons. The molecule has 5 heteroatoms. The van der Waals surface area contributed by atoms with Crippen LogP contribution in [0.15, 0.2) is 60.8 Å². The van der Waals surface area contributed by atoms with Gasteiger partial charge >= 0.3 is 5.97 Å². The minimum Gasteiger partial charge on any atom is -0.494 e. The zero-order valence-electron chi connectivity index (χ0n) is 15.7. The number of unbranched alkanes of at least 4 members (excludes halogenated alkanes) is 1. The number of esters is 1. The summed E-state index contributed by atoms with van der Waals surface area (Å²) in [6.07, 6.45) is 4.88. The van der Waals surface area contributed by atoms with Crippen LogP contribution in [0.2, 0.25) is 0 Å². The Labute approximate surface area is 160 Å². The lowest BCUT2D eigenvalue weighted by Gasteiger charge is -2.05. The molecule has 142 valence electrons. The monoisotopic (exact) mass is 367 g/mol. The van der Waals surface area contributed by atoms with E-state index in [-0.39, 0.29) is 11.8 Å². The predicted molar refractivity (Wildman–Crippen MR) is 106 cm³/mol. The Balaban J connectivity index is 1.86. The van der Waals surface area contributed by atoms with Crippen LogP contribution in [0.5, 0.6) is 5.75 Å². The van der Waals surface area contributed by atoms with Gasteiger partial charge in [-0.15, -0.1) is 0 Å². The molecule has 0 aromatic heterocycles. The van der Waals surface area contributed by atoms with E-state index in [1.54, 1.807) is 54.7 Å². The fourth-order valence-corrected chi connectivity index (χ4v) is 2.29. The van der Waals surface area contributed by atoms with E-state index in [2.05, 4.69) is 5.32 Å². The van der Waals surface area contributed by atoms with Crippen molar-refractivity contribution in [2.24, 2.45) is 0 Å². The van der Waals surface area contributed by atoms with Crippen LogP contribution >= 0.6 is 0 Å². The molecule has 2 aromatic rings. The molecule has 0 heterocycles. The van der Waals surface area contributed by atoms with Crippen LogP contribution in [-0.2, 0) is 4.74 Å². The second-order valence-electron chi connectivity index (χ2n) is 5.87. The lowest BCUT2D eigenvalue weighted by Crippen LogP contribution is -2.06. The first-order chi connectivity index (χ1) is 13.1. The maximum Gasteiger partial charge on any atom is 0.338 e. The molecule has 0 saturated carbocycles. The Hall–Kier alpha value is -3.08.